The lowest BCUT2D eigenvalue weighted by Crippen LogP contribution is -2.39. The van der Waals surface area contributed by atoms with Gasteiger partial charge in [0.05, 0.1) is 25.4 Å². The Hall–Kier alpha value is -0.0800. The first-order chi connectivity index (χ1) is 11.1. The molecule has 6 unspecified atom stereocenters. The minimum Gasteiger partial charge on any atom is -0.375 e. The third-order valence-corrected chi connectivity index (χ3v) is 10.1. The van der Waals surface area contributed by atoms with Gasteiger partial charge in [-0.1, -0.05) is 41.5 Å². The van der Waals surface area contributed by atoms with Crippen molar-refractivity contribution in [2.75, 3.05) is 13.2 Å². The number of hydrogen-bond acceptors (Lipinski definition) is 2. The van der Waals surface area contributed by atoms with Crippen molar-refractivity contribution in [1.29, 1.82) is 0 Å². The van der Waals surface area contributed by atoms with Crippen LogP contribution in [0.1, 0.15) is 80.1 Å². The molecule has 4 saturated carbocycles. The van der Waals surface area contributed by atoms with Crippen molar-refractivity contribution >= 4 is 0 Å². The first-order valence-corrected chi connectivity index (χ1v) is 10.4. The molecule has 0 radical (unpaired) electrons. The zero-order valence-electron chi connectivity index (χ0n) is 16.8. The van der Waals surface area contributed by atoms with Crippen LogP contribution in [0, 0.1) is 33.5 Å². The van der Waals surface area contributed by atoms with E-state index in [0.717, 1.165) is 25.0 Å². The van der Waals surface area contributed by atoms with Crippen molar-refractivity contribution in [2.24, 2.45) is 33.5 Å². The average Bonchev–Trinajstić information content (AvgIpc) is 3.02. The second-order valence-corrected chi connectivity index (χ2v) is 10.9. The highest BCUT2D eigenvalue weighted by Crippen LogP contribution is 2.67. The molecule has 4 rings (SSSR count). The van der Waals surface area contributed by atoms with Gasteiger partial charge >= 0.3 is 0 Å². The van der Waals surface area contributed by atoms with Crippen LogP contribution < -0.4 is 0 Å². The summed E-state index contributed by atoms with van der Waals surface area (Å²) in [6.07, 6.45) is 8.90. The molecule has 0 aromatic rings. The lowest BCUT2D eigenvalue weighted by molar-refractivity contribution is -0.0968. The fourth-order valence-electron chi connectivity index (χ4n) is 7.15. The average molecular weight is 335 g/mol. The van der Waals surface area contributed by atoms with Gasteiger partial charge in [0.25, 0.3) is 0 Å². The van der Waals surface area contributed by atoms with Crippen LogP contribution in [0.4, 0.5) is 0 Å². The van der Waals surface area contributed by atoms with Crippen LogP contribution in [-0.4, -0.2) is 25.4 Å². The molecule has 0 amide bonds. The molecule has 2 nitrogen and oxygen atoms in total. The maximum atomic E-state index is 6.38. The highest BCUT2D eigenvalue weighted by atomic mass is 16.5. The Morgan fingerprint density at radius 1 is 0.667 bits per heavy atom. The highest BCUT2D eigenvalue weighted by Gasteiger charge is 2.63. The predicted molar refractivity (Wildman–Crippen MR) is 97.9 cm³/mol. The lowest BCUT2D eigenvalue weighted by Gasteiger charge is -2.40. The van der Waals surface area contributed by atoms with E-state index in [0.29, 0.717) is 33.9 Å². The maximum Gasteiger partial charge on any atom is 0.0704 e. The first-order valence-electron chi connectivity index (χ1n) is 10.4. The Bertz CT molecular complexity index is 464. The molecule has 4 aliphatic carbocycles. The van der Waals surface area contributed by atoms with Gasteiger partial charge in [0, 0.05) is 0 Å². The molecular weight excluding hydrogens is 296 g/mol. The van der Waals surface area contributed by atoms with Gasteiger partial charge in [-0.3, -0.25) is 0 Å². The van der Waals surface area contributed by atoms with Gasteiger partial charge < -0.3 is 9.47 Å². The quantitative estimate of drug-likeness (QED) is 0.622. The molecule has 138 valence electrons. The molecule has 2 heteroatoms. The predicted octanol–water partition coefficient (Wildman–Crippen LogP) is 5.45. The Balaban J connectivity index is 1.28. The molecule has 0 aromatic heterocycles. The Labute approximate surface area is 149 Å². The highest BCUT2D eigenvalue weighted by molar-refractivity contribution is 5.12. The summed E-state index contributed by atoms with van der Waals surface area (Å²) >= 11 is 0. The van der Waals surface area contributed by atoms with Crippen molar-refractivity contribution in [3.63, 3.8) is 0 Å². The zero-order valence-corrected chi connectivity index (χ0v) is 16.8. The Morgan fingerprint density at radius 3 is 1.29 bits per heavy atom. The van der Waals surface area contributed by atoms with E-state index < -0.39 is 0 Å². The molecule has 0 aromatic carbocycles. The lowest BCUT2D eigenvalue weighted by atomic mass is 9.70. The molecule has 0 spiro atoms. The monoisotopic (exact) mass is 334 g/mol. The van der Waals surface area contributed by atoms with Crippen LogP contribution in [0.15, 0.2) is 0 Å². The maximum absolute atomic E-state index is 6.38. The van der Waals surface area contributed by atoms with E-state index in [1.54, 1.807) is 0 Å². The van der Waals surface area contributed by atoms with Crippen LogP contribution in [0.5, 0.6) is 0 Å². The van der Waals surface area contributed by atoms with Crippen LogP contribution in [0.3, 0.4) is 0 Å². The fourth-order valence-corrected chi connectivity index (χ4v) is 7.15. The molecule has 24 heavy (non-hydrogen) atoms. The second kappa shape index (κ2) is 5.22. The summed E-state index contributed by atoms with van der Waals surface area (Å²) in [6.45, 7) is 16.3. The summed E-state index contributed by atoms with van der Waals surface area (Å²) in [5.41, 5.74) is 1.64. The van der Waals surface area contributed by atoms with Gasteiger partial charge in [0.1, 0.15) is 0 Å². The molecule has 0 heterocycles. The van der Waals surface area contributed by atoms with Crippen molar-refractivity contribution in [3.05, 3.63) is 0 Å². The van der Waals surface area contributed by atoms with E-state index >= 15 is 0 Å². The number of ether oxygens (including phenoxy) is 2. The third-order valence-electron chi connectivity index (χ3n) is 10.1. The van der Waals surface area contributed by atoms with Crippen molar-refractivity contribution in [3.8, 4) is 0 Å². The van der Waals surface area contributed by atoms with Gasteiger partial charge in [0.15, 0.2) is 0 Å². The zero-order chi connectivity index (χ0) is 17.4. The van der Waals surface area contributed by atoms with E-state index in [2.05, 4.69) is 41.5 Å². The largest absolute Gasteiger partial charge is 0.375 e. The fraction of sp³-hybridized carbons (Fsp3) is 1.00. The molecule has 4 aliphatic rings. The van der Waals surface area contributed by atoms with Crippen LogP contribution in [0.2, 0.25) is 0 Å². The molecule has 4 fully saturated rings. The smallest absolute Gasteiger partial charge is 0.0704 e. The van der Waals surface area contributed by atoms with E-state index in [4.69, 9.17) is 9.47 Å². The van der Waals surface area contributed by atoms with Crippen molar-refractivity contribution in [1.82, 2.24) is 0 Å². The van der Waals surface area contributed by atoms with Gasteiger partial charge in [-0.25, -0.2) is 0 Å². The van der Waals surface area contributed by atoms with Crippen molar-refractivity contribution < 1.29 is 9.47 Å². The number of rotatable bonds is 5. The molecular formula is C22H38O2. The summed E-state index contributed by atoms with van der Waals surface area (Å²) in [5, 5.41) is 0. The normalized spacial score (nSPS) is 50.8. The first kappa shape index (κ1) is 17.3. The number of fused-ring (bicyclic) bond motifs is 4. The summed E-state index contributed by atoms with van der Waals surface area (Å²) in [5.74, 6) is 1.72. The van der Waals surface area contributed by atoms with Gasteiger partial charge in [-0.15, -0.1) is 0 Å². The molecule has 0 N–H and O–H groups in total. The topological polar surface area (TPSA) is 18.5 Å². The molecule has 0 saturated heterocycles. The number of hydrogen-bond donors (Lipinski definition) is 0. The summed E-state index contributed by atoms with van der Waals surface area (Å²) in [7, 11) is 0. The van der Waals surface area contributed by atoms with E-state index in [-0.39, 0.29) is 0 Å². The Morgan fingerprint density at radius 2 is 1.04 bits per heavy atom. The van der Waals surface area contributed by atoms with E-state index in [1.165, 1.54) is 38.5 Å². The molecule has 6 atom stereocenters. The van der Waals surface area contributed by atoms with E-state index in [1.807, 2.05) is 0 Å². The van der Waals surface area contributed by atoms with Crippen LogP contribution >= 0.6 is 0 Å². The van der Waals surface area contributed by atoms with Gasteiger partial charge in [-0.2, -0.15) is 0 Å². The standard InChI is InChI=1S/C22H38O2/c1-19(2)15-7-9-21(19,5)17(13-15)23-11-12-24-18-14-16-8-10-22(18,6)20(16,3)4/h15-18H,7-14H2,1-6H3. The van der Waals surface area contributed by atoms with Crippen LogP contribution in [-0.2, 0) is 9.47 Å². The van der Waals surface area contributed by atoms with Gasteiger partial charge in [0.2, 0.25) is 0 Å². The summed E-state index contributed by atoms with van der Waals surface area (Å²) in [4.78, 5) is 0. The van der Waals surface area contributed by atoms with Crippen molar-refractivity contribution in [2.45, 2.75) is 92.3 Å². The summed E-state index contributed by atoms with van der Waals surface area (Å²) < 4.78 is 12.8. The van der Waals surface area contributed by atoms with Crippen LogP contribution in [0.25, 0.3) is 0 Å². The minimum absolute atomic E-state index is 0.373. The Kier molecular flexibility index (Phi) is 3.77. The molecule has 4 bridgehead atoms. The summed E-state index contributed by atoms with van der Waals surface area (Å²) in [6, 6.07) is 0. The molecule has 0 aliphatic heterocycles. The SMILES string of the molecule is CC1(C)C2CCC1(C)C(OCCOC1CC3CCC1(C)C3(C)C)C2. The third kappa shape index (κ3) is 2.02. The van der Waals surface area contributed by atoms with E-state index in [9.17, 15) is 0 Å². The van der Waals surface area contributed by atoms with Gasteiger partial charge in [-0.05, 0) is 72.0 Å². The second-order valence-electron chi connectivity index (χ2n) is 10.9. The minimum atomic E-state index is 0.373.